The number of rotatable bonds is 3. The summed E-state index contributed by atoms with van der Waals surface area (Å²) in [6.07, 6.45) is -0.496. The van der Waals surface area contributed by atoms with Crippen LogP contribution in [0.4, 0.5) is 11.6 Å². The summed E-state index contributed by atoms with van der Waals surface area (Å²) in [6.45, 7) is 1.80. The lowest BCUT2D eigenvalue weighted by molar-refractivity contribution is 0.415. The minimum Gasteiger partial charge on any atom is -0.497 e. The van der Waals surface area contributed by atoms with Crippen LogP contribution in [0, 0.1) is 6.92 Å². The number of aromatic nitrogens is 2. The zero-order chi connectivity index (χ0) is 18.8. The fourth-order valence-electron chi connectivity index (χ4n) is 2.97. The van der Waals surface area contributed by atoms with E-state index >= 15 is 0 Å². The zero-order valence-corrected chi connectivity index (χ0v) is 15.0. The van der Waals surface area contributed by atoms with Gasteiger partial charge in [0.05, 0.1) is 7.11 Å². The Morgan fingerprint density at radius 1 is 1.11 bits per heavy atom. The van der Waals surface area contributed by atoms with Gasteiger partial charge in [-0.1, -0.05) is 30.3 Å². The molecule has 2 heterocycles. The monoisotopic (exact) mass is 361 g/mol. The molecule has 4 rings (SSSR count). The average molecular weight is 361 g/mol. The molecule has 0 radical (unpaired) electrons. The van der Waals surface area contributed by atoms with Crippen LogP contribution in [0.15, 0.2) is 70.5 Å². The van der Waals surface area contributed by atoms with Crippen molar-refractivity contribution in [2.45, 2.75) is 13.1 Å². The summed E-state index contributed by atoms with van der Waals surface area (Å²) in [6, 6.07) is 18.7. The van der Waals surface area contributed by atoms with Crippen molar-refractivity contribution in [3.05, 3.63) is 82.3 Å². The maximum Gasteiger partial charge on any atom is 0.257 e. The molecule has 0 saturated heterocycles. The number of aryl methyl sites for hydroxylation is 1. The van der Waals surface area contributed by atoms with Gasteiger partial charge in [-0.3, -0.25) is 14.7 Å². The topological polar surface area (TPSA) is 80.5 Å². The molecule has 0 bridgehead atoms. The summed E-state index contributed by atoms with van der Waals surface area (Å²) in [7, 11) is 1.63. The molecule has 3 aromatic rings. The minimum absolute atomic E-state index is 0.147. The lowest BCUT2D eigenvalue weighted by atomic mass is 10.1. The van der Waals surface area contributed by atoms with Gasteiger partial charge in [0.1, 0.15) is 5.75 Å². The predicted molar refractivity (Wildman–Crippen MR) is 105 cm³/mol. The number of anilines is 2. The van der Waals surface area contributed by atoms with Gasteiger partial charge in [0, 0.05) is 17.4 Å². The fourth-order valence-corrected chi connectivity index (χ4v) is 2.97. The smallest absolute Gasteiger partial charge is 0.257 e. The Balaban J connectivity index is 1.74. The first-order chi connectivity index (χ1) is 13.1. The third kappa shape index (κ3) is 3.39. The summed E-state index contributed by atoms with van der Waals surface area (Å²) >= 11 is 0. The number of aliphatic imine (C=N–C) groups is 1. The lowest BCUT2D eigenvalue weighted by Crippen LogP contribution is -2.37. The molecule has 7 nitrogen and oxygen atoms in total. The maximum absolute atomic E-state index is 12.6. The first kappa shape index (κ1) is 16.8. The van der Waals surface area contributed by atoms with Gasteiger partial charge in [0.25, 0.3) is 5.56 Å². The van der Waals surface area contributed by atoms with E-state index in [0.29, 0.717) is 17.6 Å². The second-order valence-corrected chi connectivity index (χ2v) is 6.17. The molecule has 0 fully saturated rings. The van der Waals surface area contributed by atoms with E-state index < -0.39 is 6.17 Å². The van der Waals surface area contributed by atoms with Crippen molar-refractivity contribution in [3.8, 4) is 5.75 Å². The highest BCUT2D eigenvalue weighted by Crippen LogP contribution is 2.25. The highest BCUT2D eigenvalue weighted by atomic mass is 16.5. The van der Waals surface area contributed by atoms with Crippen molar-refractivity contribution in [1.82, 2.24) is 9.55 Å². The highest BCUT2D eigenvalue weighted by Gasteiger charge is 2.24. The third-order valence-electron chi connectivity index (χ3n) is 4.26. The normalized spacial score (nSPS) is 15.3. The quantitative estimate of drug-likeness (QED) is 0.750. The Labute approximate surface area is 156 Å². The molecule has 0 unspecified atom stereocenters. The molecule has 2 aromatic carbocycles. The van der Waals surface area contributed by atoms with Crippen LogP contribution >= 0.6 is 0 Å². The van der Waals surface area contributed by atoms with Crippen LogP contribution in [-0.4, -0.2) is 22.6 Å². The number of hydrogen-bond donors (Lipinski definition) is 2. The second-order valence-electron chi connectivity index (χ2n) is 6.17. The SMILES string of the molecule is COc1ccc(NC2=N[C@@H](c3ccccc3)n3c(nc(C)cc3=O)N2)cc1. The van der Waals surface area contributed by atoms with Crippen molar-refractivity contribution < 1.29 is 4.74 Å². The molecule has 1 aliphatic rings. The molecule has 1 aliphatic heterocycles. The molecule has 0 spiro atoms. The Morgan fingerprint density at radius 3 is 2.56 bits per heavy atom. The number of hydrogen-bond acceptors (Lipinski definition) is 6. The van der Waals surface area contributed by atoms with E-state index in [1.165, 1.54) is 6.07 Å². The van der Waals surface area contributed by atoms with Gasteiger partial charge in [-0.2, -0.15) is 0 Å². The number of methoxy groups -OCH3 is 1. The number of guanidine groups is 1. The van der Waals surface area contributed by atoms with E-state index in [2.05, 4.69) is 15.6 Å². The van der Waals surface area contributed by atoms with E-state index in [1.54, 1.807) is 18.6 Å². The van der Waals surface area contributed by atoms with Gasteiger partial charge in [-0.15, -0.1) is 0 Å². The number of nitrogens with zero attached hydrogens (tertiary/aromatic N) is 3. The number of benzene rings is 2. The molecule has 27 heavy (non-hydrogen) atoms. The molecule has 1 atom stereocenters. The minimum atomic E-state index is -0.496. The summed E-state index contributed by atoms with van der Waals surface area (Å²) < 4.78 is 6.74. The Bertz CT molecular complexity index is 1040. The maximum atomic E-state index is 12.6. The van der Waals surface area contributed by atoms with Crippen LogP contribution < -0.4 is 20.9 Å². The Morgan fingerprint density at radius 2 is 1.85 bits per heavy atom. The fraction of sp³-hybridized carbons (Fsp3) is 0.150. The van der Waals surface area contributed by atoms with E-state index in [-0.39, 0.29) is 5.56 Å². The lowest BCUT2D eigenvalue weighted by Gasteiger charge is -2.27. The molecular weight excluding hydrogens is 342 g/mol. The van der Waals surface area contributed by atoms with E-state index in [4.69, 9.17) is 9.73 Å². The molecule has 7 heteroatoms. The Hall–Kier alpha value is -3.61. The van der Waals surface area contributed by atoms with Gasteiger partial charge in [-0.25, -0.2) is 9.98 Å². The van der Waals surface area contributed by atoms with Crippen molar-refractivity contribution >= 4 is 17.6 Å². The first-order valence-corrected chi connectivity index (χ1v) is 8.55. The van der Waals surface area contributed by atoms with Crippen LogP contribution in [0.25, 0.3) is 0 Å². The highest BCUT2D eigenvalue weighted by molar-refractivity contribution is 6.03. The van der Waals surface area contributed by atoms with Crippen molar-refractivity contribution in [2.24, 2.45) is 4.99 Å². The van der Waals surface area contributed by atoms with Crippen molar-refractivity contribution in [3.63, 3.8) is 0 Å². The van der Waals surface area contributed by atoms with Gasteiger partial charge < -0.3 is 10.1 Å². The van der Waals surface area contributed by atoms with Crippen LogP contribution in [0.2, 0.25) is 0 Å². The summed E-state index contributed by atoms with van der Waals surface area (Å²) in [5.41, 5.74) is 2.25. The van der Waals surface area contributed by atoms with Crippen molar-refractivity contribution in [1.29, 1.82) is 0 Å². The largest absolute Gasteiger partial charge is 0.497 e. The van der Waals surface area contributed by atoms with Crippen LogP contribution in [0.3, 0.4) is 0 Å². The molecule has 0 amide bonds. The first-order valence-electron chi connectivity index (χ1n) is 8.55. The van der Waals surface area contributed by atoms with Gasteiger partial charge >= 0.3 is 0 Å². The predicted octanol–water partition coefficient (Wildman–Crippen LogP) is 3.00. The van der Waals surface area contributed by atoms with E-state index in [0.717, 1.165) is 17.0 Å². The molecule has 0 aliphatic carbocycles. The van der Waals surface area contributed by atoms with Crippen LogP contribution in [0.1, 0.15) is 17.4 Å². The molecule has 1 aromatic heterocycles. The van der Waals surface area contributed by atoms with E-state index in [9.17, 15) is 4.79 Å². The van der Waals surface area contributed by atoms with Crippen LogP contribution in [0.5, 0.6) is 5.75 Å². The van der Waals surface area contributed by atoms with Crippen LogP contribution in [-0.2, 0) is 0 Å². The molecule has 136 valence electrons. The molecule has 0 saturated carbocycles. The van der Waals surface area contributed by atoms with E-state index in [1.807, 2.05) is 54.6 Å². The Kier molecular flexibility index (Phi) is 4.33. The molecular formula is C20H19N5O2. The molecule has 2 N–H and O–H groups in total. The van der Waals surface area contributed by atoms with Gasteiger partial charge in [0.15, 0.2) is 6.17 Å². The zero-order valence-electron chi connectivity index (χ0n) is 15.0. The summed E-state index contributed by atoms with van der Waals surface area (Å²) in [5, 5.41) is 6.35. The average Bonchev–Trinajstić information content (AvgIpc) is 2.68. The third-order valence-corrected chi connectivity index (χ3v) is 4.26. The van der Waals surface area contributed by atoms with Crippen molar-refractivity contribution in [2.75, 3.05) is 17.7 Å². The second kappa shape index (κ2) is 6.95. The number of nitrogens with one attached hydrogen (secondary N) is 2. The number of ether oxygens (including phenoxy) is 1. The summed E-state index contributed by atoms with van der Waals surface area (Å²) in [5.74, 6) is 1.75. The van der Waals surface area contributed by atoms with Gasteiger partial charge in [-0.05, 0) is 36.8 Å². The number of fused-ring (bicyclic) bond motifs is 1. The van der Waals surface area contributed by atoms with Gasteiger partial charge in [0.2, 0.25) is 11.9 Å². The summed E-state index contributed by atoms with van der Waals surface area (Å²) in [4.78, 5) is 21.8. The standard InChI is InChI=1S/C20H19N5O2/c1-13-12-17(26)25-18(14-6-4-3-5-7-14)23-19(24-20(25)21-13)22-15-8-10-16(27-2)11-9-15/h3-12,18H,1-2H3,(H2,21,22,23,24)/t18-/m1/s1.